The van der Waals surface area contributed by atoms with Gasteiger partial charge in [0.2, 0.25) is 0 Å². The zero-order chi connectivity index (χ0) is 19.7. The highest BCUT2D eigenvalue weighted by Crippen LogP contribution is 2.27. The van der Waals surface area contributed by atoms with Crippen molar-refractivity contribution < 1.29 is 4.74 Å². The molecule has 1 unspecified atom stereocenters. The predicted molar refractivity (Wildman–Crippen MR) is 115 cm³/mol. The van der Waals surface area contributed by atoms with Gasteiger partial charge in [-0.25, -0.2) is 4.98 Å². The van der Waals surface area contributed by atoms with Crippen molar-refractivity contribution in [2.45, 2.75) is 33.4 Å². The summed E-state index contributed by atoms with van der Waals surface area (Å²) in [6.45, 7) is 7.08. The molecule has 0 aliphatic rings. The lowest BCUT2D eigenvalue weighted by Crippen LogP contribution is -2.13. The van der Waals surface area contributed by atoms with Crippen LogP contribution >= 0.6 is 11.6 Å². The lowest BCUT2D eigenvalue weighted by Gasteiger charge is -2.18. The molecular formula is C24H23ClN2O. The van der Waals surface area contributed by atoms with Gasteiger partial charge in [-0.2, -0.15) is 0 Å². The first-order valence-electron chi connectivity index (χ1n) is 9.45. The largest absolute Gasteiger partial charge is 0.483 e. The van der Waals surface area contributed by atoms with Gasteiger partial charge >= 0.3 is 0 Å². The lowest BCUT2D eigenvalue weighted by molar-refractivity contribution is 0.212. The maximum Gasteiger partial charge on any atom is 0.153 e. The van der Waals surface area contributed by atoms with Crippen LogP contribution in [0.5, 0.6) is 5.75 Å². The van der Waals surface area contributed by atoms with Crippen LogP contribution in [-0.2, 0) is 6.54 Å². The second kappa shape index (κ2) is 7.69. The molecule has 28 heavy (non-hydrogen) atoms. The summed E-state index contributed by atoms with van der Waals surface area (Å²) in [6, 6.07) is 22.3. The summed E-state index contributed by atoms with van der Waals surface area (Å²) in [7, 11) is 0. The molecule has 4 heteroatoms. The minimum absolute atomic E-state index is 0.196. The topological polar surface area (TPSA) is 27.1 Å². The Balaban J connectivity index is 1.74. The number of ether oxygens (including phenoxy) is 1. The maximum absolute atomic E-state index is 6.18. The number of benzene rings is 3. The van der Waals surface area contributed by atoms with Crippen LogP contribution in [0.1, 0.15) is 35.5 Å². The number of hydrogen-bond acceptors (Lipinski definition) is 2. The Morgan fingerprint density at radius 2 is 1.75 bits per heavy atom. The van der Waals surface area contributed by atoms with Crippen molar-refractivity contribution in [2.24, 2.45) is 0 Å². The minimum Gasteiger partial charge on any atom is -0.483 e. The van der Waals surface area contributed by atoms with Gasteiger partial charge in [-0.1, -0.05) is 47.5 Å². The second-order valence-corrected chi connectivity index (χ2v) is 7.63. The van der Waals surface area contributed by atoms with Crippen LogP contribution in [0, 0.1) is 13.8 Å². The van der Waals surface area contributed by atoms with Gasteiger partial charge < -0.3 is 9.30 Å². The van der Waals surface area contributed by atoms with Crippen molar-refractivity contribution in [3.63, 3.8) is 0 Å². The fourth-order valence-electron chi connectivity index (χ4n) is 3.48. The van der Waals surface area contributed by atoms with Crippen LogP contribution in [0.15, 0.2) is 66.7 Å². The van der Waals surface area contributed by atoms with E-state index in [1.54, 1.807) is 0 Å². The second-order valence-electron chi connectivity index (χ2n) is 7.19. The van der Waals surface area contributed by atoms with Crippen molar-refractivity contribution in [1.29, 1.82) is 0 Å². The maximum atomic E-state index is 6.18. The van der Waals surface area contributed by atoms with Gasteiger partial charge in [0.05, 0.1) is 11.0 Å². The molecule has 0 fully saturated rings. The molecular weight excluding hydrogens is 368 g/mol. The van der Waals surface area contributed by atoms with Gasteiger partial charge in [0, 0.05) is 11.6 Å². The summed E-state index contributed by atoms with van der Waals surface area (Å²) in [5, 5.41) is 0.696. The monoisotopic (exact) mass is 390 g/mol. The van der Waals surface area contributed by atoms with Gasteiger partial charge in [-0.05, 0) is 68.3 Å². The lowest BCUT2D eigenvalue weighted by atomic mass is 10.1. The van der Waals surface area contributed by atoms with E-state index < -0.39 is 0 Å². The Morgan fingerprint density at radius 1 is 1.00 bits per heavy atom. The number of hydrogen-bond donors (Lipinski definition) is 0. The van der Waals surface area contributed by atoms with Crippen LogP contribution in [0.25, 0.3) is 11.0 Å². The summed E-state index contributed by atoms with van der Waals surface area (Å²) in [5.41, 5.74) is 5.93. The predicted octanol–water partition coefficient (Wildman–Crippen LogP) is 6.49. The fraction of sp³-hybridized carbons (Fsp3) is 0.208. The normalized spacial score (nSPS) is 12.3. The molecule has 1 heterocycles. The van der Waals surface area contributed by atoms with E-state index in [0.29, 0.717) is 5.02 Å². The Kier molecular flexibility index (Phi) is 5.10. The van der Waals surface area contributed by atoms with Gasteiger partial charge in [0.15, 0.2) is 11.9 Å². The summed E-state index contributed by atoms with van der Waals surface area (Å²) in [4.78, 5) is 4.89. The molecule has 0 saturated carbocycles. The first-order chi connectivity index (χ1) is 13.5. The summed E-state index contributed by atoms with van der Waals surface area (Å²) in [6.07, 6.45) is -0.196. The number of rotatable bonds is 5. The van der Waals surface area contributed by atoms with Gasteiger partial charge in [0.25, 0.3) is 0 Å². The van der Waals surface area contributed by atoms with E-state index in [1.165, 1.54) is 16.7 Å². The minimum atomic E-state index is -0.196. The first-order valence-corrected chi connectivity index (χ1v) is 9.82. The smallest absolute Gasteiger partial charge is 0.153 e. The van der Waals surface area contributed by atoms with Crippen LogP contribution in [0.2, 0.25) is 5.02 Å². The number of aryl methyl sites for hydroxylation is 2. The first kappa shape index (κ1) is 18.6. The highest BCUT2D eigenvalue weighted by Gasteiger charge is 2.19. The summed E-state index contributed by atoms with van der Waals surface area (Å²) < 4.78 is 8.44. The fourth-order valence-corrected chi connectivity index (χ4v) is 3.61. The van der Waals surface area contributed by atoms with E-state index in [0.717, 1.165) is 29.2 Å². The molecule has 142 valence electrons. The number of imidazole rings is 1. The third-order valence-electron chi connectivity index (χ3n) is 5.01. The molecule has 3 nitrogen and oxygen atoms in total. The van der Waals surface area contributed by atoms with Gasteiger partial charge in [0.1, 0.15) is 5.75 Å². The molecule has 0 spiro atoms. The zero-order valence-corrected chi connectivity index (χ0v) is 17.1. The summed E-state index contributed by atoms with van der Waals surface area (Å²) in [5.74, 6) is 1.69. The Labute approximate surface area is 170 Å². The van der Waals surface area contributed by atoms with Crippen molar-refractivity contribution in [2.75, 3.05) is 0 Å². The molecule has 4 rings (SSSR count). The van der Waals surface area contributed by atoms with E-state index in [9.17, 15) is 0 Å². The van der Waals surface area contributed by atoms with Gasteiger partial charge in [-0.15, -0.1) is 0 Å². The molecule has 0 saturated heterocycles. The molecule has 0 aliphatic carbocycles. The molecule has 0 radical (unpaired) electrons. The molecule has 4 aromatic rings. The average molecular weight is 391 g/mol. The van der Waals surface area contributed by atoms with Crippen molar-refractivity contribution >= 4 is 22.6 Å². The standard InChI is InChI=1S/C24H23ClN2O/c1-16-8-9-17(2)19(14-16)15-27-23-7-5-4-6-22(23)26-24(27)18(3)28-21-12-10-20(25)11-13-21/h4-14,18H,15H2,1-3H3. The van der Waals surface area contributed by atoms with Crippen LogP contribution < -0.4 is 4.74 Å². The number of aromatic nitrogens is 2. The molecule has 1 aromatic heterocycles. The Bertz CT molecular complexity index is 1120. The van der Waals surface area contributed by atoms with E-state index >= 15 is 0 Å². The quantitative estimate of drug-likeness (QED) is 0.389. The molecule has 0 aliphatic heterocycles. The Hall–Kier alpha value is -2.78. The Morgan fingerprint density at radius 3 is 2.54 bits per heavy atom. The number of para-hydroxylation sites is 2. The number of fused-ring (bicyclic) bond motifs is 1. The molecule has 3 aromatic carbocycles. The van der Waals surface area contributed by atoms with Crippen molar-refractivity contribution in [1.82, 2.24) is 9.55 Å². The van der Waals surface area contributed by atoms with E-state index in [1.807, 2.05) is 43.3 Å². The van der Waals surface area contributed by atoms with Crippen molar-refractivity contribution in [3.05, 3.63) is 94.3 Å². The average Bonchev–Trinajstić information content (AvgIpc) is 3.05. The van der Waals surface area contributed by atoms with Crippen LogP contribution in [-0.4, -0.2) is 9.55 Å². The number of halogens is 1. The van der Waals surface area contributed by atoms with Gasteiger partial charge in [-0.3, -0.25) is 0 Å². The van der Waals surface area contributed by atoms with E-state index in [2.05, 4.69) is 48.7 Å². The van der Waals surface area contributed by atoms with Crippen molar-refractivity contribution in [3.8, 4) is 5.75 Å². The van der Waals surface area contributed by atoms with E-state index in [4.69, 9.17) is 21.3 Å². The summed E-state index contributed by atoms with van der Waals surface area (Å²) >= 11 is 5.99. The van der Waals surface area contributed by atoms with E-state index in [-0.39, 0.29) is 6.10 Å². The molecule has 0 amide bonds. The molecule has 0 N–H and O–H groups in total. The SMILES string of the molecule is Cc1ccc(C)c(Cn2c(C(C)Oc3ccc(Cl)cc3)nc3ccccc32)c1. The third-order valence-corrected chi connectivity index (χ3v) is 5.26. The third kappa shape index (κ3) is 3.76. The zero-order valence-electron chi connectivity index (χ0n) is 16.3. The van der Waals surface area contributed by atoms with Crippen LogP contribution in [0.3, 0.4) is 0 Å². The number of nitrogens with zero attached hydrogens (tertiary/aromatic N) is 2. The van der Waals surface area contributed by atoms with Crippen LogP contribution in [0.4, 0.5) is 0 Å². The molecule has 0 bridgehead atoms. The highest BCUT2D eigenvalue weighted by atomic mass is 35.5. The highest BCUT2D eigenvalue weighted by molar-refractivity contribution is 6.30. The molecule has 1 atom stereocenters.